The molecule has 4 saturated carbocycles. The molecule has 2 heterocycles. The monoisotopic (exact) mass is 695 g/mol. The number of oxime groups is 1. The highest BCUT2D eigenvalue weighted by Gasteiger charge is 2.69. The Bertz CT molecular complexity index is 1500. The number of allylic oxidation sites excluding steroid dienone is 2. The Morgan fingerprint density at radius 1 is 0.980 bits per heavy atom. The van der Waals surface area contributed by atoms with Crippen LogP contribution in [0.25, 0.3) is 0 Å². The first-order valence-electron chi connectivity index (χ1n) is 18.8. The van der Waals surface area contributed by atoms with Gasteiger partial charge in [0.1, 0.15) is 5.25 Å². The summed E-state index contributed by atoms with van der Waals surface area (Å²) in [6, 6.07) is 0. The van der Waals surface area contributed by atoms with Gasteiger partial charge in [-0.1, -0.05) is 77.0 Å². The van der Waals surface area contributed by atoms with Crippen molar-refractivity contribution < 1.29 is 28.8 Å². The van der Waals surface area contributed by atoms with Crippen molar-refractivity contribution in [2.75, 3.05) is 26.3 Å². The summed E-state index contributed by atoms with van der Waals surface area (Å²) >= 11 is 0.832. The lowest BCUT2D eigenvalue weighted by atomic mass is 9.33. The third kappa shape index (κ3) is 5.38. The molecule has 0 radical (unpaired) electrons. The first-order valence-corrected chi connectivity index (χ1v) is 19.7. The van der Waals surface area contributed by atoms with E-state index in [1.54, 1.807) is 5.57 Å². The standard InChI is InChI=1S/C39H57N3O6S/c1-34(2)14-16-39(32(45)42-18-20-47-21-19-42)17-15-37(6)24(25(39)23-34)8-9-28-36(5)12-11-29(35(3,4)27(36)10-13-38(28,37)7)41-48-30(43)22-26-31(44)40-33(46)49-26/h8,25-28H,9-23H2,1-7H3,(H,40,44,46)/b41-29-/t25-,26+,27+,28+,36+,37-,38-,39+/m1/s1. The van der Waals surface area contributed by atoms with Gasteiger partial charge in [0.15, 0.2) is 0 Å². The average molecular weight is 696 g/mol. The van der Waals surface area contributed by atoms with Gasteiger partial charge in [-0.2, -0.15) is 0 Å². The summed E-state index contributed by atoms with van der Waals surface area (Å²) in [5, 5.41) is 5.49. The van der Waals surface area contributed by atoms with Gasteiger partial charge in [-0.25, -0.2) is 4.79 Å². The lowest BCUT2D eigenvalue weighted by Crippen LogP contribution is -2.65. The molecule has 1 N–H and O–H groups in total. The van der Waals surface area contributed by atoms with E-state index in [0.29, 0.717) is 44.0 Å². The third-order valence-corrected chi connectivity index (χ3v) is 16.5. The number of ether oxygens (including phenoxy) is 1. The molecule has 2 aliphatic heterocycles. The third-order valence-electron chi connectivity index (χ3n) is 15.5. The number of thioether (sulfide) groups is 1. The van der Waals surface area contributed by atoms with Gasteiger partial charge in [0.2, 0.25) is 11.8 Å². The van der Waals surface area contributed by atoms with Gasteiger partial charge in [-0.3, -0.25) is 19.7 Å². The van der Waals surface area contributed by atoms with Gasteiger partial charge in [-0.05, 0) is 104 Å². The number of morpholine rings is 1. The van der Waals surface area contributed by atoms with Gasteiger partial charge in [-0.15, -0.1) is 0 Å². The number of nitrogens with one attached hydrogen (secondary N) is 1. The maximum absolute atomic E-state index is 14.6. The highest BCUT2D eigenvalue weighted by atomic mass is 32.2. The molecule has 270 valence electrons. The normalized spacial score (nSPS) is 43.4. The molecular formula is C39H57N3O6S. The van der Waals surface area contributed by atoms with Crippen LogP contribution in [0.5, 0.6) is 0 Å². The van der Waals surface area contributed by atoms with E-state index in [-0.39, 0.29) is 44.8 Å². The number of carbonyl (C=O) groups excluding carboxylic acids is 4. The van der Waals surface area contributed by atoms with Crippen molar-refractivity contribution in [1.82, 2.24) is 10.2 Å². The molecule has 0 unspecified atom stereocenters. The highest BCUT2D eigenvalue weighted by molar-refractivity contribution is 8.15. The zero-order valence-electron chi connectivity index (χ0n) is 30.7. The molecule has 7 aliphatic rings. The van der Waals surface area contributed by atoms with Crippen molar-refractivity contribution in [2.24, 2.45) is 55.4 Å². The number of hydrogen-bond acceptors (Lipinski definition) is 8. The number of amides is 3. The van der Waals surface area contributed by atoms with Crippen molar-refractivity contribution in [3.05, 3.63) is 11.6 Å². The Morgan fingerprint density at radius 3 is 2.39 bits per heavy atom. The lowest BCUT2D eigenvalue weighted by Gasteiger charge is -2.71. The lowest BCUT2D eigenvalue weighted by molar-refractivity contribution is -0.177. The molecule has 10 heteroatoms. The fourth-order valence-corrected chi connectivity index (χ4v) is 13.3. The second-order valence-corrected chi connectivity index (χ2v) is 19.8. The summed E-state index contributed by atoms with van der Waals surface area (Å²) in [4.78, 5) is 58.3. The van der Waals surface area contributed by atoms with E-state index in [4.69, 9.17) is 9.57 Å². The van der Waals surface area contributed by atoms with E-state index < -0.39 is 22.4 Å². The molecule has 0 aromatic carbocycles. The summed E-state index contributed by atoms with van der Waals surface area (Å²) in [6.45, 7) is 19.8. The summed E-state index contributed by atoms with van der Waals surface area (Å²) in [5.41, 5.74) is 2.41. The van der Waals surface area contributed by atoms with Crippen LogP contribution in [0.2, 0.25) is 0 Å². The minimum Gasteiger partial charge on any atom is -0.378 e. The van der Waals surface area contributed by atoms with Gasteiger partial charge in [0, 0.05) is 18.5 Å². The number of nitrogens with zero attached hydrogens (tertiary/aromatic N) is 2. The van der Waals surface area contributed by atoms with Crippen molar-refractivity contribution in [2.45, 2.75) is 124 Å². The van der Waals surface area contributed by atoms with Crippen LogP contribution in [0, 0.1) is 50.2 Å². The molecule has 5 aliphatic carbocycles. The maximum Gasteiger partial charge on any atom is 0.336 e. The smallest absolute Gasteiger partial charge is 0.336 e. The SMILES string of the molecule is CC1(C)CC[C@]2(C(=O)N3CCOCC3)CC[C@]3(C)C(=CC[C@H]4[C@@]5(C)CC/C(=N/OC(=O)C[C@@H]6SC(=O)NC6=O)C(C)(C)[C@@H]5CC[C@]43C)[C@H]2C1. The quantitative estimate of drug-likeness (QED) is 0.187. The van der Waals surface area contributed by atoms with E-state index in [2.05, 4.69) is 69.9 Å². The molecule has 0 spiro atoms. The van der Waals surface area contributed by atoms with Gasteiger partial charge < -0.3 is 14.5 Å². The molecule has 9 nitrogen and oxygen atoms in total. The molecule has 3 amide bonds. The fourth-order valence-electron chi connectivity index (χ4n) is 12.5. The highest BCUT2D eigenvalue weighted by Crippen LogP contribution is 2.75. The second-order valence-electron chi connectivity index (χ2n) is 18.6. The molecule has 6 fully saturated rings. The van der Waals surface area contributed by atoms with Crippen molar-refractivity contribution in [3.63, 3.8) is 0 Å². The van der Waals surface area contributed by atoms with Crippen LogP contribution in [0.15, 0.2) is 16.8 Å². The van der Waals surface area contributed by atoms with Crippen LogP contribution in [0.3, 0.4) is 0 Å². The zero-order valence-corrected chi connectivity index (χ0v) is 31.6. The number of rotatable bonds is 4. The van der Waals surface area contributed by atoms with E-state index >= 15 is 0 Å². The van der Waals surface area contributed by atoms with E-state index in [1.807, 2.05) is 0 Å². The Kier molecular flexibility index (Phi) is 8.57. The molecule has 8 atom stereocenters. The largest absolute Gasteiger partial charge is 0.378 e. The van der Waals surface area contributed by atoms with Gasteiger partial charge >= 0.3 is 5.97 Å². The van der Waals surface area contributed by atoms with Crippen LogP contribution in [-0.4, -0.2) is 65.2 Å². The zero-order chi connectivity index (χ0) is 35.2. The summed E-state index contributed by atoms with van der Waals surface area (Å²) in [7, 11) is 0. The first kappa shape index (κ1) is 35.2. The topological polar surface area (TPSA) is 114 Å². The Labute approximate surface area is 296 Å². The van der Waals surface area contributed by atoms with Crippen molar-refractivity contribution in [3.8, 4) is 0 Å². The minimum atomic E-state index is -0.758. The van der Waals surface area contributed by atoms with E-state index in [0.717, 1.165) is 81.7 Å². The summed E-state index contributed by atoms with van der Waals surface area (Å²) < 4.78 is 5.65. The average Bonchev–Trinajstić information content (AvgIpc) is 3.36. The molecule has 0 aromatic rings. The summed E-state index contributed by atoms with van der Waals surface area (Å²) in [5.74, 6) is 0.538. The molecule has 49 heavy (non-hydrogen) atoms. The Morgan fingerprint density at radius 2 is 1.69 bits per heavy atom. The van der Waals surface area contributed by atoms with Crippen molar-refractivity contribution in [1.29, 1.82) is 0 Å². The first-order chi connectivity index (χ1) is 23.0. The predicted molar refractivity (Wildman–Crippen MR) is 189 cm³/mol. The van der Waals surface area contributed by atoms with E-state index in [1.165, 1.54) is 0 Å². The number of fused-ring (bicyclic) bond motifs is 7. The maximum atomic E-state index is 14.6. The summed E-state index contributed by atoms with van der Waals surface area (Å²) in [6.07, 6.45) is 12.7. The van der Waals surface area contributed by atoms with E-state index in [9.17, 15) is 19.2 Å². The number of carbonyl (C=O) groups is 4. The van der Waals surface area contributed by atoms with Gasteiger partial charge in [0.25, 0.3) is 5.24 Å². The van der Waals surface area contributed by atoms with Crippen molar-refractivity contribution >= 4 is 40.5 Å². The second kappa shape index (κ2) is 11.9. The molecular weight excluding hydrogens is 639 g/mol. The number of hydrogen-bond donors (Lipinski definition) is 1. The predicted octanol–water partition coefficient (Wildman–Crippen LogP) is 7.29. The molecule has 7 rings (SSSR count). The van der Waals surface area contributed by atoms with Crippen LogP contribution < -0.4 is 5.32 Å². The molecule has 0 aromatic heterocycles. The number of imide groups is 1. The Balaban J connectivity index is 1.15. The van der Waals surface area contributed by atoms with Gasteiger partial charge in [0.05, 0.1) is 30.8 Å². The minimum absolute atomic E-state index is 0.0384. The molecule has 2 saturated heterocycles. The van der Waals surface area contributed by atoms with Crippen LogP contribution >= 0.6 is 11.8 Å². The Hall–Kier alpha value is -2.20. The molecule has 0 bridgehead atoms. The fraction of sp³-hybridized carbons (Fsp3) is 0.821. The van der Waals surface area contributed by atoms with Crippen LogP contribution in [0.1, 0.15) is 119 Å². The van der Waals surface area contributed by atoms with Crippen LogP contribution in [0.4, 0.5) is 4.79 Å². The van der Waals surface area contributed by atoms with Crippen LogP contribution in [-0.2, 0) is 24.0 Å².